The Hall–Kier alpha value is -2.64. The number of aryl methyl sites for hydroxylation is 2. The van der Waals surface area contributed by atoms with Gasteiger partial charge in [-0.15, -0.1) is 13.2 Å². The van der Waals surface area contributed by atoms with Crippen molar-refractivity contribution in [1.82, 2.24) is 14.9 Å². The molecule has 3 rings (SSSR count). The molecule has 0 saturated carbocycles. The minimum absolute atomic E-state index is 0.116. The Morgan fingerprint density at radius 1 is 1.25 bits per heavy atom. The number of rotatable bonds is 4. The molecule has 1 fully saturated rings. The normalized spacial score (nSPS) is 19.7. The summed E-state index contributed by atoms with van der Waals surface area (Å²) in [5.41, 5.74) is 1.53. The van der Waals surface area contributed by atoms with Crippen LogP contribution in [0.3, 0.4) is 0 Å². The van der Waals surface area contributed by atoms with Gasteiger partial charge >= 0.3 is 6.36 Å². The maximum absolute atomic E-state index is 13.1. The van der Waals surface area contributed by atoms with Gasteiger partial charge in [-0.1, -0.05) is 12.1 Å². The predicted molar refractivity (Wildman–Crippen MR) is 97.0 cm³/mol. The van der Waals surface area contributed by atoms with E-state index >= 15 is 0 Å². The van der Waals surface area contributed by atoms with Gasteiger partial charge in [0.2, 0.25) is 0 Å². The lowest BCUT2D eigenvalue weighted by molar-refractivity contribution is -0.274. The average molecular weight is 393 g/mol. The molecular formula is C20H22F3N3O2. The van der Waals surface area contributed by atoms with Gasteiger partial charge in [-0.3, -0.25) is 4.79 Å². The van der Waals surface area contributed by atoms with E-state index in [1.807, 2.05) is 11.8 Å². The summed E-state index contributed by atoms with van der Waals surface area (Å²) in [6.07, 6.45) is -0.941. The van der Waals surface area contributed by atoms with Crippen LogP contribution in [0, 0.1) is 13.8 Å². The molecule has 8 heteroatoms. The molecule has 150 valence electrons. The van der Waals surface area contributed by atoms with Crippen LogP contribution in [0.5, 0.6) is 5.75 Å². The van der Waals surface area contributed by atoms with Crippen molar-refractivity contribution < 1.29 is 22.7 Å². The largest absolute Gasteiger partial charge is 0.573 e. The number of ether oxygens (including phenoxy) is 1. The molecule has 5 nitrogen and oxygen atoms in total. The molecule has 1 unspecified atom stereocenters. The van der Waals surface area contributed by atoms with E-state index in [2.05, 4.69) is 14.7 Å². The highest BCUT2D eigenvalue weighted by Crippen LogP contribution is 2.34. The van der Waals surface area contributed by atoms with E-state index in [0.717, 1.165) is 18.4 Å². The minimum atomic E-state index is -4.71. The van der Waals surface area contributed by atoms with Crippen LogP contribution in [-0.2, 0) is 6.42 Å². The molecule has 1 aliphatic heterocycles. The van der Waals surface area contributed by atoms with E-state index in [9.17, 15) is 18.0 Å². The summed E-state index contributed by atoms with van der Waals surface area (Å²) in [7, 11) is 0. The van der Waals surface area contributed by atoms with Gasteiger partial charge in [-0.2, -0.15) is 0 Å². The highest BCUT2D eigenvalue weighted by Gasteiger charge is 2.40. The first-order valence-corrected chi connectivity index (χ1v) is 9.04. The second-order valence-electron chi connectivity index (χ2n) is 7.34. The summed E-state index contributed by atoms with van der Waals surface area (Å²) < 4.78 is 40.9. The molecule has 1 aromatic heterocycles. The van der Waals surface area contributed by atoms with Gasteiger partial charge in [0.1, 0.15) is 11.6 Å². The second kappa shape index (κ2) is 7.41. The molecule has 2 aromatic rings. The zero-order valence-electron chi connectivity index (χ0n) is 16.0. The number of halogens is 3. The lowest BCUT2D eigenvalue weighted by atomic mass is 9.89. The molecule has 28 heavy (non-hydrogen) atoms. The fraction of sp³-hybridized carbons (Fsp3) is 0.450. The summed E-state index contributed by atoms with van der Waals surface area (Å²) in [6, 6.07) is 5.80. The molecular weight excluding hydrogens is 371 g/mol. The maximum atomic E-state index is 13.1. The molecule has 1 amide bonds. The van der Waals surface area contributed by atoms with Crippen LogP contribution >= 0.6 is 0 Å². The van der Waals surface area contributed by atoms with E-state index in [-0.39, 0.29) is 11.7 Å². The predicted octanol–water partition coefficient (Wildman–Crippen LogP) is 4.23. The van der Waals surface area contributed by atoms with E-state index in [1.54, 1.807) is 32.2 Å². The third-order valence-electron chi connectivity index (χ3n) is 5.07. The topological polar surface area (TPSA) is 55.3 Å². The van der Waals surface area contributed by atoms with E-state index < -0.39 is 11.9 Å². The van der Waals surface area contributed by atoms with Gasteiger partial charge in [0.15, 0.2) is 0 Å². The molecule has 1 atom stereocenters. The number of hydrogen-bond donors (Lipinski definition) is 0. The quantitative estimate of drug-likeness (QED) is 0.780. The van der Waals surface area contributed by atoms with Crippen molar-refractivity contribution in [2.45, 2.75) is 51.9 Å². The number of alkyl halides is 3. The first-order chi connectivity index (χ1) is 13.1. The fourth-order valence-corrected chi connectivity index (χ4v) is 3.74. The monoisotopic (exact) mass is 393 g/mol. The highest BCUT2D eigenvalue weighted by atomic mass is 19.4. The van der Waals surface area contributed by atoms with Crippen LogP contribution in [0.4, 0.5) is 13.2 Å². The van der Waals surface area contributed by atoms with Crippen LogP contribution in [0.15, 0.2) is 30.5 Å². The van der Waals surface area contributed by atoms with Crippen LogP contribution in [0.25, 0.3) is 0 Å². The van der Waals surface area contributed by atoms with Crippen molar-refractivity contribution in [3.05, 3.63) is 53.1 Å². The third-order valence-corrected chi connectivity index (χ3v) is 5.07. The summed E-state index contributed by atoms with van der Waals surface area (Å²) in [4.78, 5) is 23.3. The van der Waals surface area contributed by atoms with Crippen LogP contribution in [-0.4, -0.2) is 39.2 Å². The highest BCUT2D eigenvalue weighted by molar-refractivity contribution is 5.95. The molecule has 0 radical (unpaired) electrons. The van der Waals surface area contributed by atoms with Gasteiger partial charge in [0.05, 0.1) is 11.3 Å². The Labute approximate surface area is 161 Å². The number of amides is 1. The van der Waals surface area contributed by atoms with Gasteiger partial charge < -0.3 is 9.64 Å². The van der Waals surface area contributed by atoms with Crippen molar-refractivity contribution >= 4 is 5.91 Å². The van der Waals surface area contributed by atoms with E-state index in [4.69, 9.17) is 0 Å². The minimum Gasteiger partial charge on any atom is -0.406 e. The van der Waals surface area contributed by atoms with Gasteiger partial charge in [-0.25, -0.2) is 9.97 Å². The Kier molecular flexibility index (Phi) is 5.32. The first-order valence-electron chi connectivity index (χ1n) is 9.04. The SMILES string of the molecule is Cc1ncc(C(=O)N2CCCC2(C)Cc2ccc(OC(F)(F)F)cc2)c(C)n1. The Bertz CT molecular complexity index is 868. The molecule has 0 aliphatic carbocycles. The molecule has 1 aromatic carbocycles. The zero-order valence-corrected chi connectivity index (χ0v) is 16.0. The number of nitrogens with zero attached hydrogens (tertiary/aromatic N) is 3. The molecule has 1 saturated heterocycles. The number of aromatic nitrogens is 2. The lowest BCUT2D eigenvalue weighted by Gasteiger charge is -2.36. The Balaban J connectivity index is 1.77. The van der Waals surface area contributed by atoms with Crippen LogP contribution in [0.2, 0.25) is 0 Å². The van der Waals surface area contributed by atoms with Crippen molar-refractivity contribution in [3.8, 4) is 5.75 Å². The molecule has 0 bridgehead atoms. The van der Waals surface area contributed by atoms with E-state index in [0.29, 0.717) is 30.0 Å². The Morgan fingerprint density at radius 3 is 2.54 bits per heavy atom. The third kappa shape index (κ3) is 4.43. The standard InChI is InChI=1S/C20H22F3N3O2/c1-13-17(12-24-14(2)25-13)18(27)26-10-4-9-19(26,3)11-15-5-7-16(8-6-15)28-20(21,22)23/h5-8,12H,4,9-11H2,1-3H3. The zero-order chi connectivity index (χ0) is 20.5. The number of carbonyl (C=O) groups is 1. The summed E-state index contributed by atoms with van der Waals surface area (Å²) in [5.74, 6) is 0.238. The summed E-state index contributed by atoms with van der Waals surface area (Å²) >= 11 is 0. The van der Waals surface area contributed by atoms with Crippen LogP contribution < -0.4 is 4.74 Å². The number of carbonyl (C=O) groups excluding carboxylic acids is 1. The Morgan fingerprint density at radius 2 is 1.93 bits per heavy atom. The second-order valence-corrected chi connectivity index (χ2v) is 7.34. The molecule has 0 spiro atoms. The molecule has 2 heterocycles. The van der Waals surface area contributed by atoms with Gasteiger partial charge in [-0.05, 0) is 57.7 Å². The van der Waals surface area contributed by atoms with Crippen molar-refractivity contribution in [2.75, 3.05) is 6.54 Å². The van der Waals surface area contributed by atoms with E-state index in [1.165, 1.54) is 12.1 Å². The summed E-state index contributed by atoms with van der Waals surface area (Å²) in [5, 5.41) is 0. The van der Waals surface area contributed by atoms with Gasteiger partial charge in [0.25, 0.3) is 5.91 Å². The van der Waals surface area contributed by atoms with Crippen LogP contribution in [0.1, 0.15) is 47.2 Å². The smallest absolute Gasteiger partial charge is 0.406 e. The number of hydrogen-bond acceptors (Lipinski definition) is 4. The first kappa shape index (κ1) is 20.1. The average Bonchev–Trinajstić information content (AvgIpc) is 2.96. The fourth-order valence-electron chi connectivity index (χ4n) is 3.74. The van der Waals surface area contributed by atoms with Crippen molar-refractivity contribution in [1.29, 1.82) is 0 Å². The lowest BCUT2D eigenvalue weighted by Crippen LogP contribution is -2.47. The molecule has 1 aliphatic rings. The number of likely N-dealkylation sites (tertiary alicyclic amines) is 1. The number of benzene rings is 1. The maximum Gasteiger partial charge on any atom is 0.573 e. The molecule has 0 N–H and O–H groups in total. The van der Waals surface area contributed by atoms with Gasteiger partial charge in [0, 0.05) is 18.3 Å². The van der Waals surface area contributed by atoms with Crippen molar-refractivity contribution in [2.24, 2.45) is 0 Å². The van der Waals surface area contributed by atoms with Crippen molar-refractivity contribution in [3.63, 3.8) is 0 Å². The summed E-state index contributed by atoms with van der Waals surface area (Å²) in [6.45, 7) is 6.18.